The first kappa shape index (κ1) is 26.2. The molecule has 8 aromatic rings. The first-order valence-corrected chi connectivity index (χ1v) is 15.2. The Morgan fingerprint density at radius 2 is 1.30 bits per heavy atom. The van der Waals surface area contributed by atoms with E-state index in [1.807, 2.05) is 78.9 Å². The van der Waals surface area contributed by atoms with E-state index in [1.165, 1.54) is 0 Å². The number of hydrogen-bond donors (Lipinski definition) is 0. The van der Waals surface area contributed by atoms with Crippen molar-refractivity contribution in [1.82, 2.24) is 9.88 Å². The summed E-state index contributed by atoms with van der Waals surface area (Å²) in [4.78, 5) is 11.2. The normalized spacial score (nSPS) is 13.1. The third-order valence-corrected chi connectivity index (χ3v) is 8.42. The fourth-order valence-corrected chi connectivity index (χ4v) is 6.34. The summed E-state index contributed by atoms with van der Waals surface area (Å²) < 4.78 is 19.8. The number of hydrogen-bond acceptors (Lipinski definition) is 7. The molecule has 4 heterocycles. The summed E-state index contributed by atoms with van der Waals surface area (Å²) in [5.74, 6) is 2.16. The van der Waals surface area contributed by atoms with Crippen molar-refractivity contribution in [2.45, 2.75) is 0 Å². The standard InChI is InChI=1S/C39H28N4O3/c1-41-19-20-42(25-41)33-23-27(21-31-29-13-5-7-15-35(29)45-38(31)33)44-28-22-32-30-14-6-8-16-36(30)46-39(32)34(24-28)43(26-11-3-2-4-12-26)37-17-9-10-18-40-37/h2-24H,25H2,1H3. The van der Waals surface area contributed by atoms with E-state index in [9.17, 15) is 0 Å². The molecule has 9 rings (SSSR count). The van der Waals surface area contributed by atoms with Crippen molar-refractivity contribution < 1.29 is 13.6 Å². The molecule has 0 saturated carbocycles. The molecule has 0 radical (unpaired) electrons. The Kier molecular flexibility index (Phi) is 5.96. The first-order chi connectivity index (χ1) is 22.7. The van der Waals surface area contributed by atoms with Crippen LogP contribution in [-0.4, -0.2) is 23.6 Å². The molecule has 222 valence electrons. The van der Waals surface area contributed by atoms with Crippen molar-refractivity contribution in [2.24, 2.45) is 0 Å². The molecule has 7 heteroatoms. The molecule has 3 aromatic heterocycles. The number of aromatic nitrogens is 1. The largest absolute Gasteiger partial charge is 0.457 e. The van der Waals surface area contributed by atoms with Crippen LogP contribution >= 0.6 is 0 Å². The fraction of sp³-hybridized carbons (Fsp3) is 0.0513. The Morgan fingerprint density at radius 3 is 2.00 bits per heavy atom. The molecule has 0 saturated heterocycles. The second-order valence-electron chi connectivity index (χ2n) is 11.5. The van der Waals surface area contributed by atoms with Crippen molar-refractivity contribution in [1.29, 1.82) is 0 Å². The average molecular weight is 601 g/mol. The predicted molar refractivity (Wildman–Crippen MR) is 184 cm³/mol. The molecule has 0 amide bonds. The van der Waals surface area contributed by atoms with E-state index in [0.29, 0.717) is 18.2 Å². The maximum atomic E-state index is 6.83. The predicted octanol–water partition coefficient (Wildman–Crippen LogP) is 10.3. The number of pyridine rings is 1. The maximum absolute atomic E-state index is 6.83. The molecular weight excluding hydrogens is 572 g/mol. The summed E-state index contributed by atoms with van der Waals surface area (Å²) in [6, 6.07) is 40.6. The highest BCUT2D eigenvalue weighted by Gasteiger charge is 2.23. The van der Waals surface area contributed by atoms with E-state index in [2.05, 4.69) is 76.6 Å². The summed E-state index contributed by atoms with van der Waals surface area (Å²) >= 11 is 0. The van der Waals surface area contributed by atoms with E-state index >= 15 is 0 Å². The van der Waals surface area contributed by atoms with Crippen molar-refractivity contribution in [3.63, 3.8) is 0 Å². The van der Waals surface area contributed by atoms with Gasteiger partial charge in [0, 0.05) is 65.0 Å². The van der Waals surface area contributed by atoms with Crippen molar-refractivity contribution in [3.8, 4) is 11.5 Å². The molecule has 0 N–H and O–H groups in total. The van der Waals surface area contributed by atoms with Crippen LogP contribution in [0.1, 0.15) is 0 Å². The van der Waals surface area contributed by atoms with Crippen LogP contribution in [0.3, 0.4) is 0 Å². The topological polar surface area (TPSA) is 58.1 Å². The Bertz CT molecular complexity index is 2370. The van der Waals surface area contributed by atoms with Gasteiger partial charge >= 0.3 is 0 Å². The van der Waals surface area contributed by atoms with Gasteiger partial charge in [-0.05, 0) is 48.5 Å². The molecule has 0 spiro atoms. The molecule has 46 heavy (non-hydrogen) atoms. The van der Waals surface area contributed by atoms with Gasteiger partial charge in [0.1, 0.15) is 28.5 Å². The highest BCUT2D eigenvalue weighted by Crippen LogP contribution is 2.46. The third kappa shape index (κ3) is 4.32. The minimum Gasteiger partial charge on any atom is -0.457 e. The molecule has 7 nitrogen and oxygen atoms in total. The van der Waals surface area contributed by atoms with Crippen LogP contribution in [-0.2, 0) is 0 Å². The fourth-order valence-electron chi connectivity index (χ4n) is 6.34. The van der Waals surface area contributed by atoms with E-state index in [4.69, 9.17) is 18.6 Å². The van der Waals surface area contributed by atoms with E-state index in [-0.39, 0.29) is 0 Å². The maximum Gasteiger partial charge on any atom is 0.159 e. The Balaban J connectivity index is 1.26. The number of nitrogens with zero attached hydrogens (tertiary/aromatic N) is 4. The van der Waals surface area contributed by atoms with Crippen LogP contribution in [0, 0.1) is 0 Å². The lowest BCUT2D eigenvalue weighted by Gasteiger charge is -2.25. The van der Waals surface area contributed by atoms with Gasteiger partial charge in [-0.25, -0.2) is 4.98 Å². The summed E-state index contributed by atoms with van der Waals surface area (Å²) in [6.45, 7) is 0.711. The Labute approximate surface area is 264 Å². The molecule has 0 unspecified atom stereocenters. The summed E-state index contributed by atoms with van der Waals surface area (Å²) in [5.41, 5.74) is 5.96. The molecule has 0 fully saturated rings. The lowest BCUT2D eigenvalue weighted by Crippen LogP contribution is -2.21. The van der Waals surface area contributed by atoms with Gasteiger partial charge in [-0.1, -0.05) is 60.7 Å². The van der Waals surface area contributed by atoms with Crippen LogP contribution in [0.4, 0.5) is 22.9 Å². The number of para-hydroxylation sites is 3. The van der Waals surface area contributed by atoms with Crippen LogP contribution in [0.15, 0.2) is 149 Å². The van der Waals surface area contributed by atoms with E-state index in [0.717, 1.165) is 66.8 Å². The number of anilines is 4. The zero-order valence-electron chi connectivity index (χ0n) is 25.0. The molecular formula is C39H28N4O3. The number of ether oxygens (including phenoxy) is 1. The molecule has 0 aliphatic carbocycles. The van der Waals surface area contributed by atoms with Gasteiger partial charge in [0.15, 0.2) is 11.2 Å². The zero-order valence-corrected chi connectivity index (χ0v) is 25.0. The lowest BCUT2D eigenvalue weighted by atomic mass is 10.1. The van der Waals surface area contributed by atoms with E-state index in [1.54, 1.807) is 6.20 Å². The molecule has 0 bridgehead atoms. The quantitative estimate of drug-likeness (QED) is 0.188. The van der Waals surface area contributed by atoms with Crippen LogP contribution in [0.5, 0.6) is 11.5 Å². The minimum absolute atomic E-state index is 0.679. The van der Waals surface area contributed by atoms with Crippen LogP contribution in [0.25, 0.3) is 43.9 Å². The summed E-state index contributed by atoms with van der Waals surface area (Å²) in [6.07, 6.45) is 5.93. The van der Waals surface area contributed by atoms with Crippen molar-refractivity contribution in [2.75, 3.05) is 23.5 Å². The number of rotatable bonds is 6. The monoisotopic (exact) mass is 600 g/mol. The van der Waals surface area contributed by atoms with E-state index < -0.39 is 0 Å². The SMILES string of the molecule is CN1C=CN(c2cc(Oc3cc(N(c4ccccc4)c4ccccn4)c4oc5ccccc5c4c3)cc3c2oc2ccccc23)C1. The summed E-state index contributed by atoms with van der Waals surface area (Å²) in [5, 5.41) is 4.02. The van der Waals surface area contributed by atoms with Gasteiger partial charge < -0.3 is 23.4 Å². The second-order valence-corrected chi connectivity index (χ2v) is 11.5. The van der Waals surface area contributed by atoms with Gasteiger partial charge in [-0.2, -0.15) is 0 Å². The van der Waals surface area contributed by atoms with Gasteiger partial charge in [-0.3, -0.25) is 4.90 Å². The molecule has 5 aromatic carbocycles. The average Bonchev–Trinajstić information content (AvgIpc) is 3.81. The number of fused-ring (bicyclic) bond motifs is 6. The minimum atomic E-state index is 0.679. The first-order valence-electron chi connectivity index (χ1n) is 15.2. The van der Waals surface area contributed by atoms with Gasteiger partial charge in [0.25, 0.3) is 0 Å². The number of benzene rings is 5. The zero-order chi connectivity index (χ0) is 30.6. The summed E-state index contributed by atoms with van der Waals surface area (Å²) in [7, 11) is 2.05. The molecule has 0 atom stereocenters. The molecule has 1 aliphatic heterocycles. The van der Waals surface area contributed by atoms with Gasteiger partial charge in [-0.15, -0.1) is 0 Å². The Morgan fingerprint density at radius 1 is 0.652 bits per heavy atom. The van der Waals surface area contributed by atoms with Gasteiger partial charge in [0.2, 0.25) is 0 Å². The number of furan rings is 2. The lowest BCUT2D eigenvalue weighted by molar-refractivity contribution is 0.481. The highest BCUT2D eigenvalue weighted by molar-refractivity contribution is 6.11. The second kappa shape index (κ2) is 10.5. The van der Waals surface area contributed by atoms with Crippen LogP contribution in [0.2, 0.25) is 0 Å². The van der Waals surface area contributed by atoms with Gasteiger partial charge in [0.05, 0.1) is 18.0 Å². The Hall–Kier alpha value is -6.21. The smallest absolute Gasteiger partial charge is 0.159 e. The van der Waals surface area contributed by atoms with Crippen molar-refractivity contribution in [3.05, 3.63) is 140 Å². The highest BCUT2D eigenvalue weighted by atomic mass is 16.5. The molecule has 1 aliphatic rings. The third-order valence-electron chi connectivity index (χ3n) is 8.42. The van der Waals surface area contributed by atoms with Crippen molar-refractivity contribution >= 4 is 66.8 Å². The van der Waals surface area contributed by atoms with Crippen LogP contribution < -0.4 is 14.5 Å².